The molecule has 194 valence electrons. The number of nitrogens with zero attached hydrogens (tertiary/aromatic N) is 2. The maximum atomic E-state index is 13.8. The quantitative estimate of drug-likeness (QED) is 0.132. The first-order valence-corrected chi connectivity index (χ1v) is 12.8. The van der Waals surface area contributed by atoms with E-state index >= 15 is 0 Å². The van der Waals surface area contributed by atoms with E-state index in [1.165, 1.54) is 19.2 Å². The minimum atomic E-state index is -3.46. The summed E-state index contributed by atoms with van der Waals surface area (Å²) in [6.45, 7) is 3.58. The molecule has 0 aliphatic heterocycles. The van der Waals surface area contributed by atoms with Gasteiger partial charge in [0.25, 0.3) is 0 Å². The van der Waals surface area contributed by atoms with E-state index in [1.807, 2.05) is 0 Å². The van der Waals surface area contributed by atoms with Gasteiger partial charge in [-0.3, -0.25) is 24.8 Å². The molecule has 35 heavy (non-hydrogen) atoms. The Hall–Kier alpha value is -2.67. The zero-order chi connectivity index (χ0) is 26.8. The molecule has 0 aromatic heterocycles. The second-order valence-corrected chi connectivity index (χ2v) is 9.13. The van der Waals surface area contributed by atoms with Crippen LogP contribution in [-0.2, 0) is 25.1 Å². The molecule has 0 N–H and O–H groups in total. The highest BCUT2D eigenvalue weighted by Crippen LogP contribution is 2.52. The summed E-state index contributed by atoms with van der Waals surface area (Å²) in [6.07, 6.45) is -0.254. The van der Waals surface area contributed by atoms with Gasteiger partial charge in [-0.25, -0.2) is 8.78 Å². The average molecular weight is 585 g/mol. The van der Waals surface area contributed by atoms with E-state index in [2.05, 4.69) is 25.4 Å². The standard InChI is InChI=1S/C12H17FNO6P.C8H7BrFNO3/c1-4-19-21(17,20-5-2)8-9-6-10(13)12(18-3)11(7-9)14(15)16;1-14-8-6(10)2-5(4-9)3-7(8)11(12)13/h6-7H,4-5,8H2,1-3H3;2-3H,4H2,1H3. The van der Waals surface area contributed by atoms with Crippen LogP contribution in [0.4, 0.5) is 20.2 Å². The third-order valence-corrected chi connectivity index (χ3v) is 6.85. The first-order chi connectivity index (χ1) is 16.5. The number of rotatable bonds is 11. The Labute approximate surface area is 208 Å². The van der Waals surface area contributed by atoms with Crippen LogP contribution < -0.4 is 9.47 Å². The van der Waals surface area contributed by atoms with Crippen LogP contribution in [0, 0.1) is 31.9 Å². The van der Waals surface area contributed by atoms with Gasteiger partial charge in [0.1, 0.15) is 0 Å². The van der Waals surface area contributed by atoms with Gasteiger partial charge in [-0.1, -0.05) is 15.9 Å². The molecule has 0 unspecified atom stereocenters. The molecule has 0 bridgehead atoms. The number of nitro groups is 2. The average Bonchev–Trinajstić information content (AvgIpc) is 2.78. The lowest BCUT2D eigenvalue weighted by Crippen LogP contribution is -2.02. The van der Waals surface area contributed by atoms with E-state index < -0.39 is 40.5 Å². The van der Waals surface area contributed by atoms with Gasteiger partial charge in [0.2, 0.25) is 11.5 Å². The van der Waals surface area contributed by atoms with Crippen molar-refractivity contribution >= 4 is 34.9 Å². The maximum Gasteiger partial charge on any atom is 0.335 e. The highest BCUT2D eigenvalue weighted by molar-refractivity contribution is 9.08. The minimum Gasteiger partial charge on any atom is -0.488 e. The lowest BCUT2D eigenvalue weighted by atomic mass is 10.2. The van der Waals surface area contributed by atoms with Gasteiger partial charge < -0.3 is 18.5 Å². The van der Waals surface area contributed by atoms with Crippen LogP contribution in [0.3, 0.4) is 0 Å². The molecule has 0 atom stereocenters. The fourth-order valence-corrected chi connectivity index (χ4v) is 4.85. The molecule has 0 saturated heterocycles. The van der Waals surface area contributed by atoms with Crippen molar-refractivity contribution in [1.82, 2.24) is 0 Å². The number of alkyl halides is 1. The van der Waals surface area contributed by atoms with Crippen molar-refractivity contribution in [1.29, 1.82) is 0 Å². The molecule has 15 heteroatoms. The number of halogens is 3. The van der Waals surface area contributed by atoms with Gasteiger partial charge in [0, 0.05) is 17.5 Å². The van der Waals surface area contributed by atoms with Crippen LogP contribution in [0.2, 0.25) is 0 Å². The van der Waals surface area contributed by atoms with Gasteiger partial charge in [-0.2, -0.15) is 0 Å². The molecule has 11 nitrogen and oxygen atoms in total. The molecule has 2 aromatic carbocycles. The Morgan fingerprint density at radius 3 is 1.60 bits per heavy atom. The largest absolute Gasteiger partial charge is 0.488 e. The predicted octanol–water partition coefficient (Wildman–Crippen LogP) is 6.15. The summed E-state index contributed by atoms with van der Waals surface area (Å²) < 4.78 is 58.8. The molecule has 0 saturated carbocycles. The lowest BCUT2D eigenvalue weighted by molar-refractivity contribution is -0.386. The van der Waals surface area contributed by atoms with E-state index in [1.54, 1.807) is 13.8 Å². The summed E-state index contributed by atoms with van der Waals surface area (Å²) in [5.74, 6) is -2.43. The minimum absolute atomic E-state index is 0.144. The number of benzene rings is 2. The van der Waals surface area contributed by atoms with Crippen molar-refractivity contribution in [2.24, 2.45) is 0 Å². The smallest absolute Gasteiger partial charge is 0.335 e. The van der Waals surface area contributed by atoms with Crippen LogP contribution in [0.1, 0.15) is 25.0 Å². The van der Waals surface area contributed by atoms with Gasteiger partial charge in [0.15, 0.2) is 11.6 Å². The number of methoxy groups -OCH3 is 2. The molecule has 2 aromatic rings. The highest BCUT2D eigenvalue weighted by atomic mass is 79.9. The molecule has 0 heterocycles. The van der Waals surface area contributed by atoms with Gasteiger partial charge in [-0.15, -0.1) is 0 Å². The van der Waals surface area contributed by atoms with Crippen LogP contribution in [0.25, 0.3) is 0 Å². The molecule has 0 aliphatic rings. The van der Waals surface area contributed by atoms with Crippen LogP contribution in [0.5, 0.6) is 11.5 Å². The third kappa shape index (κ3) is 8.49. The Morgan fingerprint density at radius 1 is 0.857 bits per heavy atom. The molecule has 0 aliphatic carbocycles. The van der Waals surface area contributed by atoms with Crippen molar-refractivity contribution in [3.8, 4) is 11.5 Å². The molecular weight excluding hydrogens is 561 g/mol. The predicted molar refractivity (Wildman–Crippen MR) is 126 cm³/mol. The lowest BCUT2D eigenvalue weighted by Gasteiger charge is -2.17. The molecule has 0 amide bonds. The summed E-state index contributed by atoms with van der Waals surface area (Å²) in [7, 11) is -1.14. The SMILES string of the molecule is CCOP(=O)(Cc1cc(F)c(OC)c([N+](=O)[O-])c1)OCC.COc1c(F)cc(CBr)cc1[N+](=O)[O-]. The van der Waals surface area contributed by atoms with E-state index in [4.69, 9.17) is 9.05 Å². The Morgan fingerprint density at radius 2 is 1.26 bits per heavy atom. The normalized spacial score (nSPS) is 10.8. The van der Waals surface area contributed by atoms with Crippen molar-refractivity contribution in [2.45, 2.75) is 25.3 Å². The van der Waals surface area contributed by atoms with Crippen LogP contribution in [-0.4, -0.2) is 37.3 Å². The second-order valence-electron chi connectivity index (χ2n) is 6.51. The molecule has 0 fully saturated rings. The molecular formula is C20H24BrF2N2O9P. The Kier molecular flexibility index (Phi) is 12.2. The number of hydrogen-bond donors (Lipinski definition) is 0. The third-order valence-electron chi connectivity index (χ3n) is 4.15. The summed E-state index contributed by atoms with van der Waals surface area (Å²) >= 11 is 3.09. The zero-order valence-corrected chi connectivity index (χ0v) is 21.8. The first-order valence-electron chi connectivity index (χ1n) is 9.92. The van der Waals surface area contributed by atoms with Crippen LogP contribution >= 0.6 is 23.5 Å². The zero-order valence-electron chi connectivity index (χ0n) is 19.3. The maximum absolute atomic E-state index is 13.8. The Bertz CT molecular complexity index is 1090. The molecule has 0 radical (unpaired) electrons. The van der Waals surface area contributed by atoms with E-state index in [9.17, 15) is 33.6 Å². The second kappa shape index (κ2) is 14.0. The summed E-state index contributed by atoms with van der Waals surface area (Å²) in [5.41, 5.74) is -0.255. The Balaban J connectivity index is 0.000000379. The van der Waals surface area contributed by atoms with Gasteiger partial charge >= 0.3 is 19.0 Å². The number of ether oxygens (including phenoxy) is 2. The number of nitro benzene ring substituents is 2. The van der Waals surface area contributed by atoms with Crippen LogP contribution in [0.15, 0.2) is 24.3 Å². The summed E-state index contributed by atoms with van der Waals surface area (Å²) in [5, 5.41) is 21.8. The van der Waals surface area contributed by atoms with E-state index in [0.29, 0.717) is 10.9 Å². The molecule has 0 spiro atoms. The van der Waals surface area contributed by atoms with Crippen molar-refractivity contribution in [2.75, 3.05) is 27.4 Å². The van der Waals surface area contributed by atoms with E-state index in [0.717, 1.165) is 19.2 Å². The summed E-state index contributed by atoms with van der Waals surface area (Å²) in [4.78, 5) is 20.0. The van der Waals surface area contributed by atoms with Crippen molar-refractivity contribution in [3.63, 3.8) is 0 Å². The van der Waals surface area contributed by atoms with Gasteiger partial charge in [-0.05, 0) is 37.1 Å². The first kappa shape index (κ1) is 30.4. The highest BCUT2D eigenvalue weighted by Gasteiger charge is 2.28. The van der Waals surface area contributed by atoms with Crippen molar-refractivity contribution < 1.29 is 41.7 Å². The fourth-order valence-electron chi connectivity index (χ4n) is 2.86. The fraction of sp³-hybridized carbons (Fsp3) is 0.400. The van der Waals surface area contributed by atoms with Crippen molar-refractivity contribution in [3.05, 3.63) is 67.3 Å². The molecule has 2 rings (SSSR count). The monoisotopic (exact) mass is 584 g/mol. The number of hydrogen-bond acceptors (Lipinski definition) is 9. The van der Waals surface area contributed by atoms with E-state index in [-0.39, 0.29) is 36.4 Å². The topological polar surface area (TPSA) is 140 Å². The van der Waals surface area contributed by atoms with Gasteiger partial charge in [0.05, 0.1) is 43.4 Å². The summed E-state index contributed by atoms with van der Waals surface area (Å²) in [6, 6.07) is 4.60.